The van der Waals surface area contributed by atoms with Crippen molar-refractivity contribution in [1.29, 1.82) is 0 Å². The number of hydrogen-bond donors (Lipinski definition) is 3. The summed E-state index contributed by atoms with van der Waals surface area (Å²) in [6, 6.07) is 0. The Kier molecular flexibility index (Phi) is 8.66. The number of nitrogens with zero attached hydrogens (tertiary/aromatic N) is 1. The van der Waals surface area contributed by atoms with Crippen molar-refractivity contribution < 1.29 is 32.8 Å². The highest BCUT2D eigenvalue weighted by Crippen LogP contribution is 2.09. The topological polar surface area (TPSA) is 118 Å². The maximum Gasteiger partial charge on any atom is 0.102 e. The highest BCUT2D eigenvalue weighted by atomic mass is 32.2. The van der Waals surface area contributed by atoms with Gasteiger partial charge in [-0.3, -0.25) is 0 Å². The van der Waals surface area contributed by atoms with Crippen LogP contribution in [0.5, 0.6) is 0 Å². The molecule has 0 aromatic rings. The number of rotatable bonds is 11. The zero-order valence-corrected chi connectivity index (χ0v) is 11.3. The van der Waals surface area contributed by atoms with Crippen molar-refractivity contribution in [2.75, 3.05) is 51.8 Å². The van der Waals surface area contributed by atoms with Gasteiger partial charge in [-0.25, -0.2) is 8.42 Å². The molecule has 0 heterocycles. The van der Waals surface area contributed by atoms with Gasteiger partial charge >= 0.3 is 0 Å². The third-order valence-corrected chi connectivity index (χ3v) is 3.79. The number of aliphatic hydroxyl groups excluding tert-OH is 3. The van der Waals surface area contributed by atoms with Crippen LogP contribution in [-0.4, -0.2) is 84.5 Å². The molecule has 0 radical (unpaired) electrons. The average molecular weight is 285 g/mol. The molecule has 0 aliphatic rings. The Bertz CT molecular complexity index is 288. The normalized spacial score (nSPS) is 12.9. The van der Waals surface area contributed by atoms with E-state index < -0.39 is 15.9 Å². The molecule has 0 fully saturated rings. The molecule has 0 aliphatic carbocycles. The van der Waals surface area contributed by atoms with Crippen molar-refractivity contribution in [3.05, 3.63) is 0 Å². The maximum absolute atomic E-state index is 10.5. The zero-order valence-electron chi connectivity index (χ0n) is 10.5. The first-order valence-electron chi connectivity index (χ1n) is 6.00. The van der Waals surface area contributed by atoms with Crippen LogP contribution in [0.25, 0.3) is 0 Å². The van der Waals surface area contributed by atoms with Crippen LogP contribution in [0, 0.1) is 0 Å². The van der Waals surface area contributed by atoms with Crippen LogP contribution in [0.1, 0.15) is 12.8 Å². The summed E-state index contributed by atoms with van der Waals surface area (Å²) < 4.78 is 31.7. The monoisotopic (exact) mass is 285 g/mol. The van der Waals surface area contributed by atoms with E-state index in [0.717, 1.165) is 0 Å². The quantitative estimate of drug-likeness (QED) is 0.232. The summed E-state index contributed by atoms with van der Waals surface area (Å²) >= 11 is 0. The van der Waals surface area contributed by atoms with Crippen LogP contribution in [0.15, 0.2) is 0 Å². The van der Waals surface area contributed by atoms with Crippen LogP contribution in [0.4, 0.5) is 0 Å². The second kappa shape index (κ2) is 8.78. The Morgan fingerprint density at radius 1 is 0.833 bits per heavy atom. The summed E-state index contributed by atoms with van der Waals surface area (Å²) in [5, 5.41) is 27.0. The molecule has 0 saturated heterocycles. The van der Waals surface area contributed by atoms with Gasteiger partial charge in [0.1, 0.15) is 19.6 Å². The first-order chi connectivity index (χ1) is 8.39. The van der Waals surface area contributed by atoms with Crippen LogP contribution in [-0.2, 0) is 10.1 Å². The first kappa shape index (κ1) is 17.8. The third kappa shape index (κ3) is 7.96. The molecule has 0 aromatic heterocycles. The average Bonchev–Trinajstić information content (AvgIpc) is 2.24. The molecule has 0 saturated carbocycles. The number of hydrogen-bond acceptors (Lipinski definition) is 6. The maximum atomic E-state index is 10.5. The van der Waals surface area contributed by atoms with Crippen molar-refractivity contribution in [2.24, 2.45) is 0 Å². The van der Waals surface area contributed by atoms with Crippen molar-refractivity contribution >= 4 is 10.1 Å². The predicted molar refractivity (Wildman–Crippen MR) is 64.8 cm³/mol. The molecule has 7 nitrogen and oxygen atoms in total. The van der Waals surface area contributed by atoms with Gasteiger partial charge in [0.15, 0.2) is 0 Å². The molecule has 18 heavy (non-hydrogen) atoms. The van der Waals surface area contributed by atoms with Gasteiger partial charge in [-0.15, -0.1) is 0 Å². The van der Waals surface area contributed by atoms with Gasteiger partial charge in [0.05, 0.1) is 36.5 Å². The molecule has 8 heteroatoms. The van der Waals surface area contributed by atoms with Gasteiger partial charge in [0.25, 0.3) is 0 Å². The van der Waals surface area contributed by atoms with Gasteiger partial charge in [-0.1, -0.05) is 0 Å². The van der Waals surface area contributed by atoms with E-state index in [2.05, 4.69) is 0 Å². The van der Waals surface area contributed by atoms with Crippen molar-refractivity contribution in [3.8, 4) is 0 Å². The summed E-state index contributed by atoms with van der Waals surface area (Å²) in [5.74, 6) is -0.398. The smallest absolute Gasteiger partial charge is 0.102 e. The van der Waals surface area contributed by atoms with Crippen LogP contribution < -0.4 is 0 Å². The Morgan fingerprint density at radius 3 is 1.61 bits per heavy atom. The van der Waals surface area contributed by atoms with Gasteiger partial charge in [0, 0.05) is 5.75 Å². The number of aliphatic hydroxyl groups is 3. The van der Waals surface area contributed by atoms with E-state index in [9.17, 15) is 13.0 Å². The van der Waals surface area contributed by atoms with Crippen LogP contribution in [0.2, 0.25) is 0 Å². The van der Waals surface area contributed by atoms with Gasteiger partial charge in [-0.2, -0.15) is 0 Å². The van der Waals surface area contributed by atoms with E-state index in [1.54, 1.807) is 0 Å². The summed E-state index contributed by atoms with van der Waals surface area (Å²) in [7, 11) is -4.18. The fourth-order valence-electron chi connectivity index (χ4n) is 2.03. The highest BCUT2D eigenvalue weighted by Gasteiger charge is 2.25. The summed E-state index contributed by atoms with van der Waals surface area (Å²) in [4.78, 5) is 0. The highest BCUT2D eigenvalue weighted by molar-refractivity contribution is 7.85. The summed E-state index contributed by atoms with van der Waals surface area (Å²) in [5.41, 5.74) is 0. The first-order valence-corrected chi connectivity index (χ1v) is 7.58. The van der Waals surface area contributed by atoms with E-state index >= 15 is 0 Å². The molecule has 0 atom stereocenters. The number of quaternary nitrogens is 1. The Labute approximate surface area is 108 Å². The summed E-state index contributed by atoms with van der Waals surface area (Å²) in [6.07, 6.45) is 0.760. The molecule has 0 aromatic carbocycles. The van der Waals surface area contributed by atoms with Crippen LogP contribution >= 0.6 is 0 Å². The van der Waals surface area contributed by atoms with Gasteiger partial charge in [-0.05, 0) is 12.8 Å². The molecular formula is C10H23NO6S. The molecule has 0 unspecified atom stereocenters. The molecule has 0 aliphatic heterocycles. The summed E-state index contributed by atoms with van der Waals surface area (Å²) in [6.45, 7) is 1.50. The Balaban J connectivity index is 4.29. The molecule has 0 rings (SSSR count). The molecular weight excluding hydrogens is 262 g/mol. The number of unbranched alkanes of at least 4 members (excludes halogenated alkanes) is 1. The lowest BCUT2D eigenvalue weighted by Crippen LogP contribution is -2.53. The second-order valence-corrected chi connectivity index (χ2v) is 5.90. The minimum absolute atomic E-state index is 0.0696. The van der Waals surface area contributed by atoms with E-state index in [-0.39, 0.29) is 26.2 Å². The van der Waals surface area contributed by atoms with Gasteiger partial charge < -0.3 is 24.4 Å². The SMILES string of the molecule is O=S(=O)([O-])CCCC[N+](CCO)(CCO)CCO. The van der Waals surface area contributed by atoms with E-state index in [0.29, 0.717) is 37.1 Å². The largest absolute Gasteiger partial charge is 0.748 e. The lowest BCUT2D eigenvalue weighted by molar-refractivity contribution is -0.929. The molecule has 3 N–H and O–H groups in total. The van der Waals surface area contributed by atoms with E-state index in [1.165, 1.54) is 0 Å². The molecule has 0 bridgehead atoms. The molecule has 110 valence electrons. The fraction of sp³-hybridized carbons (Fsp3) is 1.00. The minimum Gasteiger partial charge on any atom is -0.748 e. The second-order valence-electron chi connectivity index (χ2n) is 4.38. The zero-order chi connectivity index (χ0) is 14.1. The minimum atomic E-state index is -4.18. The lowest BCUT2D eigenvalue weighted by atomic mass is 10.2. The van der Waals surface area contributed by atoms with Crippen molar-refractivity contribution in [2.45, 2.75) is 12.8 Å². The molecule has 0 spiro atoms. The fourth-order valence-corrected chi connectivity index (χ4v) is 2.59. The van der Waals surface area contributed by atoms with E-state index in [4.69, 9.17) is 15.3 Å². The third-order valence-electron chi connectivity index (χ3n) is 3.00. The van der Waals surface area contributed by atoms with E-state index in [1.807, 2.05) is 0 Å². The molecule has 0 amide bonds. The van der Waals surface area contributed by atoms with Crippen molar-refractivity contribution in [1.82, 2.24) is 0 Å². The van der Waals surface area contributed by atoms with Crippen LogP contribution in [0.3, 0.4) is 0 Å². The van der Waals surface area contributed by atoms with Crippen molar-refractivity contribution in [3.63, 3.8) is 0 Å². The Hall–Kier alpha value is -0.250. The Morgan fingerprint density at radius 2 is 1.28 bits per heavy atom. The van der Waals surface area contributed by atoms with Gasteiger partial charge in [0.2, 0.25) is 0 Å². The standard InChI is InChI=1S/C10H23NO6S/c12-7-4-11(5-8-13,6-9-14)3-1-2-10-18(15,16)17/h12-14H,1-10H2. The predicted octanol–water partition coefficient (Wildman–Crippen LogP) is -1.89. The lowest BCUT2D eigenvalue weighted by Gasteiger charge is -2.37.